The van der Waals surface area contributed by atoms with Crippen molar-refractivity contribution in [1.82, 2.24) is 0 Å². The molecule has 0 fully saturated rings. The largest absolute Gasteiger partial charge is 0.311 e. The van der Waals surface area contributed by atoms with Gasteiger partial charge in [-0.1, -0.05) is 164 Å². The lowest BCUT2D eigenvalue weighted by molar-refractivity contribution is 0.768. The Morgan fingerprint density at radius 2 is 0.789 bits per heavy atom. The average Bonchev–Trinajstić information content (AvgIpc) is 3.81. The van der Waals surface area contributed by atoms with Crippen molar-refractivity contribution in [3.63, 3.8) is 0 Å². The van der Waals surface area contributed by atoms with Gasteiger partial charge in [-0.3, -0.25) is 0 Å². The van der Waals surface area contributed by atoms with Crippen LogP contribution in [0.1, 0.15) is 22.3 Å². The van der Waals surface area contributed by atoms with Crippen LogP contribution < -0.4 is 4.90 Å². The lowest BCUT2D eigenvalue weighted by Crippen LogP contribution is -2.28. The molecule has 0 saturated heterocycles. The van der Waals surface area contributed by atoms with Gasteiger partial charge < -0.3 is 4.90 Å². The SMILES string of the molecule is c1ccc(N(c2ccc(-c3ccc4c(c3)-c3ccccc3C4(c3ccccc3)c3ccccc3)cc2)c2ccc(-c3ccc4sc5ccccc5c4c3)cc2)cc1. The minimum absolute atomic E-state index is 0.395. The van der Waals surface area contributed by atoms with Gasteiger partial charge in [-0.15, -0.1) is 11.3 Å². The summed E-state index contributed by atoms with van der Waals surface area (Å²) in [6.45, 7) is 0. The molecule has 0 amide bonds. The van der Waals surface area contributed by atoms with Crippen LogP contribution in [0, 0.1) is 0 Å². The Morgan fingerprint density at radius 3 is 1.46 bits per heavy atom. The molecule has 57 heavy (non-hydrogen) atoms. The van der Waals surface area contributed by atoms with E-state index in [2.05, 4.69) is 229 Å². The van der Waals surface area contributed by atoms with Gasteiger partial charge in [0.25, 0.3) is 0 Å². The van der Waals surface area contributed by atoms with Gasteiger partial charge in [-0.05, 0) is 116 Å². The number of para-hydroxylation sites is 1. The summed E-state index contributed by atoms with van der Waals surface area (Å²) in [5.74, 6) is 0. The average molecular weight is 744 g/mol. The lowest BCUT2D eigenvalue weighted by Gasteiger charge is -2.33. The fourth-order valence-electron chi connectivity index (χ4n) is 9.16. The van der Waals surface area contributed by atoms with E-state index < -0.39 is 5.41 Å². The molecule has 0 bridgehead atoms. The molecule has 0 saturated carbocycles. The minimum Gasteiger partial charge on any atom is -0.311 e. The molecule has 2 heteroatoms. The van der Waals surface area contributed by atoms with Crippen LogP contribution in [0.2, 0.25) is 0 Å². The molecule has 0 atom stereocenters. The second-order valence-electron chi connectivity index (χ2n) is 14.9. The molecular formula is C55H37NS. The van der Waals surface area contributed by atoms with Crippen molar-refractivity contribution < 1.29 is 0 Å². The molecule has 1 aliphatic rings. The molecule has 268 valence electrons. The Balaban J connectivity index is 0.963. The normalized spacial score (nSPS) is 12.7. The smallest absolute Gasteiger partial charge is 0.0713 e. The van der Waals surface area contributed by atoms with Gasteiger partial charge in [0.1, 0.15) is 0 Å². The summed E-state index contributed by atoms with van der Waals surface area (Å²) < 4.78 is 2.66. The van der Waals surface area contributed by atoms with E-state index >= 15 is 0 Å². The van der Waals surface area contributed by atoms with Gasteiger partial charge in [0, 0.05) is 37.2 Å². The van der Waals surface area contributed by atoms with Gasteiger partial charge in [-0.25, -0.2) is 0 Å². The maximum atomic E-state index is 2.40. The molecule has 1 aliphatic carbocycles. The lowest BCUT2D eigenvalue weighted by atomic mass is 9.67. The van der Waals surface area contributed by atoms with Gasteiger partial charge in [-0.2, -0.15) is 0 Å². The molecule has 0 spiro atoms. The monoisotopic (exact) mass is 743 g/mol. The predicted octanol–water partition coefficient (Wildman–Crippen LogP) is 15.2. The van der Waals surface area contributed by atoms with Crippen molar-refractivity contribution in [2.24, 2.45) is 0 Å². The first-order valence-electron chi connectivity index (χ1n) is 19.6. The topological polar surface area (TPSA) is 3.24 Å². The van der Waals surface area contributed by atoms with Crippen LogP contribution in [-0.4, -0.2) is 0 Å². The summed E-state index contributed by atoms with van der Waals surface area (Å²) >= 11 is 1.86. The zero-order valence-electron chi connectivity index (χ0n) is 31.2. The molecular weight excluding hydrogens is 707 g/mol. The summed E-state index contributed by atoms with van der Waals surface area (Å²) in [4.78, 5) is 2.34. The highest BCUT2D eigenvalue weighted by molar-refractivity contribution is 7.25. The third kappa shape index (κ3) is 5.44. The van der Waals surface area contributed by atoms with E-state index in [0.717, 1.165) is 17.1 Å². The fourth-order valence-corrected chi connectivity index (χ4v) is 10.3. The highest BCUT2D eigenvalue weighted by Crippen LogP contribution is 2.56. The molecule has 10 aromatic rings. The van der Waals surface area contributed by atoms with Crippen molar-refractivity contribution in [2.75, 3.05) is 4.90 Å². The van der Waals surface area contributed by atoms with E-state index in [1.165, 1.54) is 75.8 Å². The van der Waals surface area contributed by atoms with Crippen molar-refractivity contribution in [3.05, 3.63) is 247 Å². The molecule has 1 aromatic heterocycles. The number of anilines is 3. The maximum absolute atomic E-state index is 2.40. The first kappa shape index (κ1) is 33.3. The molecule has 0 aliphatic heterocycles. The Hall–Kier alpha value is -7.00. The summed E-state index contributed by atoms with van der Waals surface area (Å²) in [5, 5.41) is 2.65. The fraction of sp³-hybridized carbons (Fsp3) is 0.0182. The number of nitrogens with zero attached hydrogens (tertiary/aromatic N) is 1. The highest BCUT2D eigenvalue weighted by atomic mass is 32.1. The van der Waals surface area contributed by atoms with Crippen LogP contribution in [0.3, 0.4) is 0 Å². The molecule has 11 rings (SSSR count). The molecule has 1 heterocycles. The van der Waals surface area contributed by atoms with Crippen molar-refractivity contribution >= 4 is 48.6 Å². The van der Waals surface area contributed by atoms with E-state index in [4.69, 9.17) is 0 Å². The van der Waals surface area contributed by atoms with Crippen LogP contribution in [0.25, 0.3) is 53.6 Å². The Bertz CT molecular complexity index is 3000. The molecule has 0 N–H and O–H groups in total. The van der Waals surface area contributed by atoms with Gasteiger partial charge in [0.05, 0.1) is 5.41 Å². The van der Waals surface area contributed by atoms with E-state index in [1.807, 2.05) is 11.3 Å². The number of fused-ring (bicyclic) bond motifs is 6. The van der Waals surface area contributed by atoms with Crippen molar-refractivity contribution in [2.45, 2.75) is 5.41 Å². The number of rotatable bonds is 7. The van der Waals surface area contributed by atoms with Gasteiger partial charge in [0.2, 0.25) is 0 Å². The number of thiophene rings is 1. The van der Waals surface area contributed by atoms with E-state index in [-0.39, 0.29) is 0 Å². The minimum atomic E-state index is -0.395. The van der Waals surface area contributed by atoms with E-state index in [1.54, 1.807) is 0 Å². The van der Waals surface area contributed by atoms with Crippen LogP contribution in [0.5, 0.6) is 0 Å². The number of hydrogen-bond donors (Lipinski definition) is 0. The summed E-state index contributed by atoms with van der Waals surface area (Å²) in [5.41, 5.74) is 15.6. The quantitative estimate of drug-likeness (QED) is 0.157. The predicted molar refractivity (Wildman–Crippen MR) is 242 cm³/mol. The third-order valence-electron chi connectivity index (χ3n) is 11.8. The summed E-state index contributed by atoms with van der Waals surface area (Å²) in [6, 6.07) is 82.3. The number of hydrogen-bond acceptors (Lipinski definition) is 2. The zero-order valence-corrected chi connectivity index (χ0v) is 32.0. The number of benzene rings is 9. The van der Waals surface area contributed by atoms with Crippen molar-refractivity contribution in [1.29, 1.82) is 0 Å². The van der Waals surface area contributed by atoms with Crippen molar-refractivity contribution in [3.8, 4) is 33.4 Å². The highest BCUT2D eigenvalue weighted by Gasteiger charge is 2.45. The Labute approximate surface area is 337 Å². The summed E-state index contributed by atoms with van der Waals surface area (Å²) in [6.07, 6.45) is 0. The van der Waals surface area contributed by atoms with Crippen LogP contribution in [-0.2, 0) is 5.41 Å². The Kier molecular flexibility index (Phi) is 7.98. The molecule has 0 unspecified atom stereocenters. The summed E-state index contributed by atoms with van der Waals surface area (Å²) in [7, 11) is 0. The van der Waals surface area contributed by atoms with Crippen LogP contribution >= 0.6 is 11.3 Å². The standard InChI is InChI=1S/C55H37NS/c1-4-14-42(15-5-1)55(43-16-6-2-7-17-43)51-22-12-10-20-47(51)49-36-40(28-34-52(49)55)38-24-30-45(31-25-38)56(44-18-8-3-9-19-44)46-32-26-39(27-33-46)41-29-35-54-50(37-41)48-21-11-13-23-53(48)57-54/h1-37H. The third-order valence-corrected chi connectivity index (χ3v) is 12.9. The molecule has 0 radical (unpaired) electrons. The Morgan fingerprint density at radius 1 is 0.316 bits per heavy atom. The first-order valence-corrected chi connectivity index (χ1v) is 20.4. The second kappa shape index (κ2) is 13.6. The molecule has 1 nitrogen and oxygen atoms in total. The van der Waals surface area contributed by atoms with Crippen LogP contribution in [0.15, 0.2) is 224 Å². The maximum Gasteiger partial charge on any atom is 0.0713 e. The van der Waals surface area contributed by atoms with Gasteiger partial charge >= 0.3 is 0 Å². The second-order valence-corrected chi connectivity index (χ2v) is 15.9. The first-order chi connectivity index (χ1) is 28.3. The van der Waals surface area contributed by atoms with Crippen LogP contribution in [0.4, 0.5) is 17.1 Å². The van der Waals surface area contributed by atoms with E-state index in [9.17, 15) is 0 Å². The molecule has 9 aromatic carbocycles. The van der Waals surface area contributed by atoms with Gasteiger partial charge in [0.15, 0.2) is 0 Å². The van der Waals surface area contributed by atoms with E-state index in [0.29, 0.717) is 0 Å². The zero-order chi connectivity index (χ0) is 37.8.